The summed E-state index contributed by atoms with van der Waals surface area (Å²) >= 11 is 0. The van der Waals surface area contributed by atoms with Gasteiger partial charge >= 0.3 is 12.2 Å². The third-order valence-corrected chi connectivity index (χ3v) is 4.95. The van der Waals surface area contributed by atoms with E-state index in [-0.39, 0.29) is 42.2 Å². The molecular weight excluding hydrogens is 537 g/mol. The van der Waals surface area contributed by atoms with Crippen molar-refractivity contribution in [1.82, 2.24) is 20.9 Å². The summed E-state index contributed by atoms with van der Waals surface area (Å²) in [6, 6.07) is 9.63. The van der Waals surface area contributed by atoms with Crippen molar-refractivity contribution in [3.05, 3.63) is 35.9 Å². The number of likely N-dealkylation sites (tertiary alicyclic amines) is 1. The van der Waals surface area contributed by atoms with Crippen LogP contribution in [0.2, 0.25) is 0 Å². The second-order valence-electron chi connectivity index (χ2n) is 8.67. The molecule has 0 saturated carbocycles. The molecule has 33 heavy (non-hydrogen) atoms. The van der Waals surface area contributed by atoms with E-state index in [0.717, 1.165) is 18.4 Å². The summed E-state index contributed by atoms with van der Waals surface area (Å²) in [7, 11) is 1.71. The van der Waals surface area contributed by atoms with Gasteiger partial charge in [-0.1, -0.05) is 30.3 Å². The summed E-state index contributed by atoms with van der Waals surface area (Å²) < 4.78 is 10.5. The molecule has 1 heterocycles. The third kappa shape index (κ3) is 10.5. The van der Waals surface area contributed by atoms with Crippen LogP contribution in [0.4, 0.5) is 9.59 Å². The number of hydrogen-bond donors (Lipinski definition) is 3. The molecule has 2 rings (SSSR count). The maximum Gasteiger partial charge on any atom is 0.409 e. The third-order valence-electron chi connectivity index (χ3n) is 4.95. The van der Waals surface area contributed by atoms with Crippen molar-refractivity contribution >= 4 is 42.1 Å². The molecule has 3 N–H and O–H groups in total. The summed E-state index contributed by atoms with van der Waals surface area (Å²) in [5, 5.41) is 9.65. The van der Waals surface area contributed by atoms with Gasteiger partial charge in [-0.2, -0.15) is 0 Å². The minimum Gasteiger partial charge on any atom is -0.450 e. The number of halogens is 1. The van der Waals surface area contributed by atoms with E-state index in [4.69, 9.17) is 9.47 Å². The van der Waals surface area contributed by atoms with E-state index in [1.165, 1.54) is 0 Å². The van der Waals surface area contributed by atoms with Crippen LogP contribution in [0.1, 0.15) is 52.1 Å². The minimum atomic E-state index is -0.575. The van der Waals surface area contributed by atoms with Crippen molar-refractivity contribution < 1.29 is 19.1 Å². The number of nitrogens with one attached hydrogen (secondary N) is 3. The fraction of sp³-hybridized carbons (Fsp3) is 0.609. The van der Waals surface area contributed by atoms with Gasteiger partial charge in [0.05, 0.1) is 12.6 Å². The van der Waals surface area contributed by atoms with Gasteiger partial charge in [0.15, 0.2) is 5.96 Å². The quantitative estimate of drug-likeness (QED) is 0.272. The number of benzene rings is 1. The predicted molar refractivity (Wildman–Crippen MR) is 140 cm³/mol. The lowest BCUT2D eigenvalue weighted by Gasteiger charge is -2.32. The van der Waals surface area contributed by atoms with Gasteiger partial charge in [0.25, 0.3) is 0 Å². The number of guanidine groups is 1. The summed E-state index contributed by atoms with van der Waals surface area (Å²) in [5.41, 5.74) is 0.387. The zero-order chi connectivity index (χ0) is 23.6. The smallest absolute Gasteiger partial charge is 0.409 e. The van der Waals surface area contributed by atoms with Crippen molar-refractivity contribution in [3.63, 3.8) is 0 Å². The predicted octanol–water partition coefficient (Wildman–Crippen LogP) is 3.66. The molecule has 1 aliphatic rings. The fourth-order valence-corrected chi connectivity index (χ4v) is 3.40. The zero-order valence-electron chi connectivity index (χ0n) is 20.2. The van der Waals surface area contributed by atoms with Crippen LogP contribution in [-0.4, -0.2) is 68.0 Å². The maximum absolute atomic E-state index is 12.4. The van der Waals surface area contributed by atoms with Crippen molar-refractivity contribution in [2.24, 2.45) is 4.99 Å². The van der Waals surface area contributed by atoms with Crippen LogP contribution in [0.3, 0.4) is 0 Å². The zero-order valence-corrected chi connectivity index (χ0v) is 22.6. The van der Waals surface area contributed by atoms with Crippen LogP contribution >= 0.6 is 24.0 Å². The first-order valence-electron chi connectivity index (χ1n) is 11.1. The maximum atomic E-state index is 12.4. The summed E-state index contributed by atoms with van der Waals surface area (Å²) in [6.07, 6.45) is 0.880. The van der Waals surface area contributed by atoms with Gasteiger partial charge in [0, 0.05) is 32.7 Å². The summed E-state index contributed by atoms with van der Waals surface area (Å²) in [4.78, 5) is 30.3. The Balaban J connectivity index is 0.00000544. The molecule has 9 nitrogen and oxygen atoms in total. The number of rotatable bonds is 6. The largest absolute Gasteiger partial charge is 0.450 e. The SMILES string of the molecule is CCOC(=O)N1CCC(NC(=NC)NCC(NC(=O)OC(C)(C)C)c2ccccc2)CC1.I. The van der Waals surface area contributed by atoms with Gasteiger partial charge < -0.3 is 30.3 Å². The second-order valence-corrected chi connectivity index (χ2v) is 8.67. The molecular formula is C23H38IN5O4. The second kappa shape index (κ2) is 14.1. The monoisotopic (exact) mass is 575 g/mol. The molecule has 0 radical (unpaired) electrons. The molecule has 2 amide bonds. The molecule has 1 aromatic carbocycles. The number of amides is 2. The van der Waals surface area contributed by atoms with Crippen molar-refractivity contribution in [2.75, 3.05) is 33.3 Å². The molecule has 1 atom stereocenters. The molecule has 0 aliphatic carbocycles. The van der Waals surface area contributed by atoms with Gasteiger partial charge in [0.2, 0.25) is 0 Å². The normalized spacial score (nSPS) is 15.7. The number of hydrogen-bond acceptors (Lipinski definition) is 5. The lowest BCUT2D eigenvalue weighted by Crippen LogP contribution is -2.51. The van der Waals surface area contributed by atoms with E-state index in [1.807, 2.05) is 58.0 Å². The summed E-state index contributed by atoms with van der Waals surface area (Å²) in [6.45, 7) is 9.41. The highest BCUT2D eigenvalue weighted by atomic mass is 127. The molecule has 1 saturated heterocycles. The highest BCUT2D eigenvalue weighted by molar-refractivity contribution is 14.0. The van der Waals surface area contributed by atoms with E-state index < -0.39 is 11.7 Å². The topological polar surface area (TPSA) is 104 Å². The van der Waals surface area contributed by atoms with Crippen LogP contribution in [0, 0.1) is 0 Å². The Morgan fingerprint density at radius 2 is 1.82 bits per heavy atom. The van der Waals surface area contributed by atoms with E-state index >= 15 is 0 Å². The summed E-state index contributed by atoms with van der Waals surface area (Å²) in [5.74, 6) is 0.645. The molecule has 0 aromatic heterocycles. The molecule has 0 bridgehead atoms. The van der Waals surface area contributed by atoms with Gasteiger partial charge in [-0.25, -0.2) is 9.59 Å². The van der Waals surface area contributed by atoms with Crippen LogP contribution in [-0.2, 0) is 9.47 Å². The highest BCUT2D eigenvalue weighted by Gasteiger charge is 2.25. The van der Waals surface area contributed by atoms with Crippen molar-refractivity contribution in [3.8, 4) is 0 Å². The molecule has 1 aliphatic heterocycles. The molecule has 10 heteroatoms. The Kier molecular flexibility index (Phi) is 12.3. The molecule has 1 aromatic rings. The number of ether oxygens (including phenoxy) is 2. The average molecular weight is 575 g/mol. The molecule has 1 unspecified atom stereocenters. The van der Waals surface area contributed by atoms with Crippen LogP contribution in [0.15, 0.2) is 35.3 Å². The Hall–Kier alpha value is -2.24. The van der Waals surface area contributed by atoms with Crippen LogP contribution in [0.25, 0.3) is 0 Å². The Labute approximate surface area is 214 Å². The van der Waals surface area contributed by atoms with Gasteiger partial charge in [-0.15, -0.1) is 24.0 Å². The number of carbonyl (C=O) groups excluding carboxylic acids is 2. The number of alkyl carbamates (subject to hydrolysis) is 1. The van der Waals surface area contributed by atoms with Crippen molar-refractivity contribution in [2.45, 2.75) is 58.2 Å². The van der Waals surface area contributed by atoms with E-state index in [1.54, 1.807) is 11.9 Å². The standard InChI is InChI=1S/C23H37N5O4.HI/c1-6-31-22(30)28-14-12-18(13-15-28)26-20(24-5)25-16-19(17-10-8-7-9-11-17)27-21(29)32-23(2,3)4;/h7-11,18-19H,6,12-16H2,1-5H3,(H,27,29)(H2,24,25,26);1H. The van der Waals surface area contributed by atoms with E-state index in [0.29, 0.717) is 32.2 Å². The number of piperidine rings is 1. The van der Waals surface area contributed by atoms with Crippen LogP contribution in [0.5, 0.6) is 0 Å². The van der Waals surface area contributed by atoms with Crippen molar-refractivity contribution in [1.29, 1.82) is 0 Å². The lowest BCUT2D eigenvalue weighted by atomic mass is 10.1. The van der Waals surface area contributed by atoms with Crippen LogP contribution < -0.4 is 16.0 Å². The Bertz CT molecular complexity index is 762. The number of aliphatic imine (C=N–C) groups is 1. The highest BCUT2D eigenvalue weighted by Crippen LogP contribution is 2.15. The van der Waals surface area contributed by atoms with E-state index in [9.17, 15) is 9.59 Å². The first-order chi connectivity index (χ1) is 15.2. The van der Waals surface area contributed by atoms with Gasteiger partial charge in [-0.05, 0) is 46.1 Å². The molecule has 186 valence electrons. The average Bonchev–Trinajstić information content (AvgIpc) is 2.75. The lowest BCUT2D eigenvalue weighted by molar-refractivity contribution is 0.0503. The Morgan fingerprint density at radius 1 is 1.18 bits per heavy atom. The number of carbonyl (C=O) groups is 2. The fourth-order valence-electron chi connectivity index (χ4n) is 3.40. The minimum absolute atomic E-state index is 0. The van der Waals surface area contributed by atoms with E-state index in [2.05, 4.69) is 20.9 Å². The van der Waals surface area contributed by atoms with Gasteiger partial charge in [-0.3, -0.25) is 4.99 Å². The molecule has 0 spiro atoms. The Morgan fingerprint density at radius 3 is 2.36 bits per heavy atom. The van der Waals surface area contributed by atoms with Gasteiger partial charge in [0.1, 0.15) is 5.60 Å². The molecule has 1 fully saturated rings. The number of nitrogens with zero attached hydrogens (tertiary/aromatic N) is 2. The first-order valence-corrected chi connectivity index (χ1v) is 11.1. The first kappa shape index (κ1) is 28.8.